The first-order chi connectivity index (χ1) is 14.6. The van der Waals surface area contributed by atoms with Crippen molar-refractivity contribution in [2.45, 2.75) is 13.5 Å². The van der Waals surface area contributed by atoms with Crippen LogP contribution in [-0.2, 0) is 11.3 Å². The lowest BCUT2D eigenvalue weighted by atomic mass is 10.2. The number of aryl methyl sites for hydroxylation is 1. The van der Waals surface area contributed by atoms with Crippen molar-refractivity contribution in [3.63, 3.8) is 0 Å². The molecule has 0 spiro atoms. The van der Waals surface area contributed by atoms with Crippen molar-refractivity contribution < 1.29 is 18.7 Å². The van der Waals surface area contributed by atoms with Crippen LogP contribution in [0.5, 0.6) is 0 Å². The molecule has 1 aliphatic rings. The minimum Gasteiger partial charge on any atom is -0.459 e. The number of thiophene rings is 1. The molecule has 4 rings (SSSR count). The third-order valence-corrected chi connectivity index (χ3v) is 5.86. The van der Waals surface area contributed by atoms with Crippen molar-refractivity contribution in [3.05, 3.63) is 64.6 Å². The Morgan fingerprint density at radius 3 is 2.80 bits per heavy atom. The number of rotatable bonds is 6. The summed E-state index contributed by atoms with van der Waals surface area (Å²) >= 11 is 1.23. The van der Waals surface area contributed by atoms with Gasteiger partial charge in [-0.15, -0.1) is 11.3 Å². The topological polar surface area (TPSA) is 96.7 Å². The molecule has 2 N–H and O–H groups in total. The zero-order chi connectivity index (χ0) is 20.9. The summed E-state index contributed by atoms with van der Waals surface area (Å²) in [5, 5.41) is 6.30. The van der Waals surface area contributed by atoms with E-state index in [-0.39, 0.29) is 17.6 Å². The van der Waals surface area contributed by atoms with Crippen molar-refractivity contribution in [2.24, 2.45) is 0 Å². The van der Waals surface area contributed by atoms with Gasteiger partial charge in [-0.2, -0.15) is 0 Å². The predicted octanol–water partition coefficient (Wildman–Crippen LogP) is 3.06. The molecular formula is C21H22N4O4S. The Morgan fingerprint density at radius 1 is 1.20 bits per heavy atom. The number of nitrogens with zero attached hydrogens (tertiary/aromatic N) is 2. The first-order valence-corrected chi connectivity index (χ1v) is 10.4. The molecule has 2 amide bonds. The smallest absolute Gasteiger partial charge is 0.291 e. The highest BCUT2D eigenvalue weighted by Crippen LogP contribution is 2.27. The van der Waals surface area contributed by atoms with Gasteiger partial charge in [0, 0.05) is 25.8 Å². The highest BCUT2D eigenvalue weighted by molar-refractivity contribution is 7.18. The van der Waals surface area contributed by atoms with E-state index < -0.39 is 0 Å². The second-order valence-electron chi connectivity index (χ2n) is 6.86. The maximum atomic E-state index is 12.7. The Hall–Kier alpha value is -3.17. The highest BCUT2D eigenvalue weighted by atomic mass is 32.1. The maximum Gasteiger partial charge on any atom is 0.291 e. The van der Waals surface area contributed by atoms with E-state index in [1.807, 2.05) is 19.1 Å². The molecular weight excluding hydrogens is 404 g/mol. The molecule has 156 valence electrons. The molecule has 0 aromatic carbocycles. The Kier molecular flexibility index (Phi) is 6.10. The molecule has 4 heterocycles. The van der Waals surface area contributed by atoms with E-state index in [4.69, 9.17) is 9.15 Å². The summed E-state index contributed by atoms with van der Waals surface area (Å²) in [7, 11) is 0. The standard InChI is InChI=1S/C21H22N4O4S/c1-14-11-18(24-20(26)16-3-2-8-29-16)30-19(14)21(27)23-13-15-4-5-22-17(12-15)25-6-9-28-10-7-25/h2-5,8,11-12H,6-7,9-10,13H2,1H3,(H,23,27)(H,24,26). The third-order valence-electron chi connectivity index (χ3n) is 4.70. The van der Waals surface area contributed by atoms with Gasteiger partial charge in [0.2, 0.25) is 0 Å². The van der Waals surface area contributed by atoms with Gasteiger partial charge in [0.05, 0.1) is 29.4 Å². The number of amides is 2. The molecule has 0 saturated carbocycles. The number of furan rings is 1. The summed E-state index contributed by atoms with van der Waals surface area (Å²) in [6.45, 7) is 5.24. The van der Waals surface area contributed by atoms with Crippen molar-refractivity contribution in [1.82, 2.24) is 10.3 Å². The van der Waals surface area contributed by atoms with Crippen molar-refractivity contribution in [3.8, 4) is 0 Å². The monoisotopic (exact) mass is 426 g/mol. The quantitative estimate of drug-likeness (QED) is 0.629. The van der Waals surface area contributed by atoms with E-state index in [1.165, 1.54) is 17.6 Å². The second kappa shape index (κ2) is 9.10. The van der Waals surface area contributed by atoms with Crippen LogP contribution in [0.1, 0.15) is 31.4 Å². The number of aromatic nitrogens is 1. The molecule has 30 heavy (non-hydrogen) atoms. The van der Waals surface area contributed by atoms with Crippen LogP contribution >= 0.6 is 11.3 Å². The molecule has 0 atom stereocenters. The minimum atomic E-state index is -0.347. The molecule has 3 aromatic heterocycles. The Bertz CT molecular complexity index is 1030. The van der Waals surface area contributed by atoms with Gasteiger partial charge in [-0.05, 0) is 48.4 Å². The number of hydrogen-bond donors (Lipinski definition) is 2. The fourth-order valence-electron chi connectivity index (χ4n) is 3.15. The lowest BCUT2D eigenvalue weighted by Gasteiger charge is -2.28. The lowest BCUT2D eigenvalue weighted by Crippen LogP contribution is -2.36. The van der Waals surface area contributed by atoms with E-state index in [0.717, 1.165) is 30.0 Å². The zero-order valence-electron chi connectivity index (χ0n) is 16.5. The van der Waals surface area contributed by atoms with Crippen LogP contribution in [-0.4, -0.2) is 43.1 Å². The Balaban J connectivity index is 1.37. The molecule has 1 aliphatic heterocycles. The number of pyridine rings is 1. The minimum absolute atomic E-state index is 0.180. The van der Waals surface area contributed by atoms with Gasteiger partial charge >= 0.3 is 0 Å². The fourth-order valence-corrected chi connectivity index (χ4v) is 4.13. The summed E-state index contributed by atoms with van der Waals surface area (Å²) in [5.74, 6) is 0.586. The van der Waals surface area contributed by atoms with Crippen molar-refractivity contribution >= 4 is 34.0 Å². The summed E-state index contributed by atoms with van der Waals surface area (Å²) in [4.78, 5) is 32.0. The van der Waals surface area contributed by atoms with E-state index in [9.17, 15) is 9.59 Å². The first kappa shape index (κ1) is 20.1. The second-order valence-corrected chi connectivity index (χ2v) is 7.91. The normalized spacial score (nSPS) is 13.8. The molecule has 0 radical (unpaired) electrons. The summed E-state index contributed by atoms with van der Waals surface area (Å²) in [5.41, 5.74) is 1.77. The SMILES string of the molecule is Cc1cc(NC(=O)c2ccco2)sc1C(=O)NCc1ccnc(N2CCOCC2)c1. The van der Waals surface area contributed by atoms with Crippen LogP contribution < -0.4 is 15.5 Å². The number of hydrogen-bond acceptors (Lipinski definition) is 7. The molecule has 1 fully saturated rings. The van der Waals surface area contributed by atoms with E-state index in [0.29, 0.717) is 29.6 Å². The largest absolute Gasteiger partial charge is 0.459 e. The summed E-state index contributed by atoms with van der Waals surface area (Å²) in [6.07, 6.45) is 3.20. The number of ether oxygens (including phenoxy) is 1. The lowest BCUT2D eigenvalue weighted by molar-refractivity contribution is 0.0953. The molecule has 8 nitrogen and oxygen atoms in total. The number of anilines is 2. The molecule has 0 aliphatic carbocycles. The van der Waals surface area contributed by atoms with Gasteiger partial charge in [-0.1, -0.05) is 0 Å². The number of carbonyl (C=O) groups excluding carboxylic acids is 2. The van der Waals surface area contributed by atoms with Crippen molar-refractivity contribution in [1.29, 1.82) is 0 Å². The third kappa shape index (κ3) is 4.69. The average molecular weight is 426 g/mol. The van der Waals surface area contributed by atoms with Crippen LogP contribution in [0.3, 0.4) is 0 Å². The van der Waals surface area contributed by atoms with Gasteiger partial charge in [0.1, 0.15) is 5.82 Å². The van der Waals surface area contributed by atoms with Gasteiger partial charge in [0.25, 0.3) is 11.8 Å². The van der Waals surface area contributed by atoms with E-state index >= 15 is 0 Å². The number of carbonyl (C=O) groups is 2. The van der Waals surface area contributed by atoms with Gasteiger partial charge < -0.3 is 24.7 Å². The molecule has 9 heteroatoms. The molecule has 0 unspecified atom stereocenters. The Morgan fingerprint density at radius 2 is 2.03 bits per heavy atom. The van der Waals surface area contributed by atoms with E-state index in [1.54, 1.807) is 24.4 Å². The zero-order valence-corrected chi connectivity index (χ0v) is 17.3. The van der Waals surface area contributed by atoms with Crippen LogP contribution in [0.2, 0.25) is 0 Å². The van der Waals surface area contributed by atoms with Gasteiger partial charge in [0.15, 0.2) is 5.76 Å². The molecule has 0 bridgehead atoms. The maximum absolute atomic E-state index is 12.7. The fraction of sp³-hybridized carbons (Fsp3) is 0.286. The highest BCUT2D eigenvalue weighted by Gasteiger charge is 2.17. The van der Waals surface area contributed by atoms with Crippen LogP contribution in [0, 0.1) is 6.92 Å². The van der Waals surface area contributed by atoms with E-state index in [2.05, 4.69) is 20.5 Å². The van der Waals surface area contributed by atoms with Gasteiger partial charge in [-0.25, -0.2) is 4.98 Å². The van der Waals surface area contributed by atoms with Crippen molar-refractivity contribution in [2.75, 3.05) is 36.5 Å². The van der Waals surface area contributed by atoms with Crippen LogP contribution in [0.25, 0.3) is 0 Å². The predicted molar refractivity (Wildman–Crippen MR) is 114 cm³/mol. The number of nitrogens with one attached hydrogen (secondary N) is 2. The van der Waals surface area contributed by atoms with Crippen LogP contribution in [0.4, 0.5) is 10.8 Å². The molecule has 1 saturated heterocycles. The molecule has 3 aromatic rings. The van der Waals surface area contributed by atoms with Crippen LogP contribution in [0.15, 0.2) is 47.2 Å². The van der Waals surface area contributed by atoms with Gasteiger partial charge in [-0.3, -0.25) is 9.59 Å². The first-order valence-electron chi connectivity index (χ1n) is 9.61. The number of morpholine rings is 1. The Labute approximate surface area is 177 Å². The summed E-state index contributed by atoms with van der Waals surface area (Å²) < 4.78 is 10.5. The summed E-state index contributed by atoms with van der Waals surface area (Å²) in [6, 6.07) is 8.89. The average Bonchev–Trinajstić information content (AvgIpc) is 3.43.